The number of methoxy groups -OCH3 is 2. The van der Waals surface area contributed by atoms with Crippen LogP contribution >= 0.6 is 11.3 Å². The lowest BCUT2D eigenvalue weighted by molar-refractivity contribution is 0.102. The SMILES string of the molecule is COc1cc(NC(=O)c2cnn3c2NC(c2ncc(C)s2)CC3(C)C)cc(OC)c1. The molecular weight excluding hydrogens is 402 g/mol. The Labute approximate surface area is 179 Å². The molecule has 9 heteroatoms. The summed E-state index contributed by atoms with van der Waals surface area (Å²) in [5.74, 6) is 1.63. The third-order valence-electron chi connectivity index (χ3n) is 5.15. The van der Waals surface area contributed by atoms with Gasteiger partial charge in [-0.1, -0.05) is 0 Å². The van der Waals surface area contributed by atoms with E-state index in [0.29, 0.717) is 28.6 Å². The van der Waals surface area contributed by atoms with Gasteiger partial charge in [-0.05, 0) is 27.2 Å². The van der Waals surface area contributed by atoms with E-state index in [9.17, 15) is 4.79 Å². The zero-order valence-corrected chi connectivity index (χ0v) is 18.5. The number of carbonyl (C=O) groups excluding carboxylic acids is 1. The Morgan fingerprint density at radius 1 is 1.23 bits per heavy atom. The van der Waals surface area contributed by atoms with Crippen LogP contribution in [-0.2, 0) is 5.54 Å². The van der Waals surface area contributed by atoms with E-state index < -0.39 is 0 Å². The number of amides is 1. The van der Waals surface area contributed by atoms with Gasteiger partial charge in [-0.15, -0.1) is 11.3 Å². The molecule has 3 heterocycles. The lowest BCUT2D eigenvalue weighted by Crippen LogP contribution is -2.38. The van der Waals surface area contributed by atoms with E-state index in [1.54, 1.807) is 50.0 Å². The van der Waals surface area contributed by atoms with Gasteiger partial charge in [0.25, 0.3) is 5.91 Å². The first-order valence-corrected chi connectivity index (χ1v) is 10.4. The molecule has 1 aliphatic rings. The molecule has 0 aliphatic carbocycles. The third kappa shape index (κ3) is 3.72. The zero-order valence-electron chi connectivity index (χ0n) is 17.6. The van der Waals surface area contributed by atoms with Crippen LogP contribution < -0.4 is 20.1 Å². The molecule has 158 valence electrons. The van der Waals surface area contributed by atoms with Crippen LogP contribution in [0.1, 0.15) is 46.6 Å². The van der Waals surface area contributed by atoms with Crippen molar-refractivity contribution >= 4 is 28.7 Å². The molecule has 1 unspecified atom stereocenters. The maximum Gasteiger partial charge on any atom is 0.261 e. The molecule has 1 aromatic carbocycles. The minimum Gasteiger partial charge on any atom is -0.497 e. The fourth-order valence-corrected chi connectivity index (χ4v) is 4.50. The Morgan fingerprint density at radius 3 is 2.53 bits per heavy atom. The Bertz CT molecular complexity index is 1070. The first-order valence-electron chi connectivity index (χ1n) is 9.62. The van der Waals surface area contributed by atoms with Crippen molar-refractivity contribution in [1.29, 1.82) is 0 Å². The van der Waals surface area contributed by atoms with E-state index in [2.05, 4.69) is 34.6 Å². The molecule has 8 nitrogen and oxygen atoms in total. The maximum atomic E-state index is 13.1. The van der Waals surface area contributed by atoms with E-state index in [1.165, 1.54) is 0 Å². The molecule has 0 fully saturated rings. The highest BCUT2D eigenvalue weighted by atomic mass is 32.1. The largest absolute Gasteiger partial charge is 0.497 e. The van der Waals surface area contributed by atoms with Gasteiger partial charge in [0.2, 0.25) is 0 Å². The van der Waals surface area contributed by atoms with Crippen molar-refractivity contribution in [3.05, 3.63) is 46.0 Å². The predicted molar refractivity (Wildman–Crippen MR) is 117 cm³/mol. The van der Waals surface area contributed by atoms with Gasteiger partial charge in [-0.2, -0.15) is 5.10 Å². The number of carbonyl (C=O) groups is 1. The van der Waals surface area contributed by atoms with Crippen molar-refractivity contribution in [2.24, 2.45) is 0 Å². The molecule has 3 aromatic rings. The topological polar surface area (TPSA) is 90.3 Å². The fraction of sp³-hybridized carbons (Fsp3) is 0.381. The number of benzene rings is 1. The molecule has 1 aliphatic heterocycles. The van der Waals surface area contributed by atoms with E-state index in [4.69, 9.17) is 9.47 Å². The number of aromatic nitrogens is 3. The average Bonchev–Trinajstić information content (AvgIpc) is 3.34. The fourth-order valence-electron chi connectivity index (χ4n) is 3.67. The number of ether oxygens (including phenoxy) is 2. The molecule has 0 saturated heterocycles. The number of rotatable bonds is 5. The lowest BCUT2D eigenvalue weighted by Gasteiger charge is -2.37. The number of anilines is 2. The summed E-state index contributed by atoms with van der Waals surface area (Å²) in [7, 11) is 3.14. The second kappa shape index (κ2) is 7.64. The monoisotopic (exact) mass is 427 g/mol. The summed E-state index contributed by atoms with van der Waals surface area (Å²) in [5.41, 5.74) is 0.795. The molecular formula is C21H25N5O3S. The number of aryl methyl sites for hydroxylation is 1. The molecule has 1 atom stereocenters. The van der Waals surface area contributed by atoms with Gasteiger partial charge in [-0.3, -0.25) is 4.79 Å². The molecule has 1 amide bonds. The number of nitrogens with one attached hydrogen (secondary N) is 2. The van der Waals surface area contributed by atoms with Crippen LogP contribution in [0, 0.1) is 6.92 Å². The summed E-state index contributed by atoms with van der Waals surface area (Å²) < 4.78 is 12.5. The van der Waals surface area contributed by atoms with Gasteiger partial charge in [-0.25, -0.2) is 9.67 Å². The van der Waals surface area contributed by atoms with E-state index in [1.807, 2.05) is 17.8 Å². The number of hydrogen-bond acceptors (Lipinski definition) is 7. The molecule has 2 aromatic heterocycles. The number of nitrogens with zero attached hydrogens (tertiary/aromatic N) is 3. The highest BCUT2D eigenvalue weighted by Gasteiger charge is 2.37. The van der Waals surface area contributed by atoms with E-state index in [0.717, 1.165) is 16.3 Å². The van der Waals surface area contributed by atoms with Crippen molar-refractivity contribution in [2.75, 3.05) is 24.9 Å². The van der Waals surface area contributed by atoms with Gasteiger partial charge in [0, 0.05) is 35.0 Å². The van der Waals surface area contributed by atoms with Gasteiger partial charge in [0.1, 0.15) is 27.9 Å². The molecule has 0 spiro atoms. The summed E-state index contributed by atoms with van der Waals surface area (Å²) in [6, 6.07) is 5.26. The normalized spacial score (nSPS) is 17.0. The van der Waals surface area contributed by atoms with Gasteiger partial charge in [0.15, 0.2) is 0 Å². The molecule has 4 rings (SSSR count). The van der Waals surface area contributed by atoms with Gasteiger partial charge in [0.05, 0.1) is 32.0 Å². The highest BCUT2D eigenvalue weighted by Crippen LogP contribution is 2.41. The highest BCUT2D eigenvalue weighted by molar-refractivity contribution is 7.11. The second-order valence-corrected chi connectivity index (χ2v) is 9.16. The first-order chi connectivity index (χ1) is 14.3. The third-order valence-corrected chi connectivity index (χ3v) is 6.17. The van der Waals surface area contributed by atoms with Crippen molar-refractivity contribution in [3.63, 3.8) is 0 Å². The maximum absolute atomic E-state index is 13.1. The summed E-state index contributed by atoms with van der Waals surface area (Å²) >= 11 is 1.67. The van der Waals surface area contributed by atoms with Gasteiger partial charge < -0.3 is 20.1 Å². The second-order valence-electron chi connectivity index (χ2n) is 7.90. The van der Waals surface area contributed by atoms with Crippen molar-refractivity contribution in [3.8, 4) is 11.5 Å². The molecule has 2 N–H and O–H groups in total. The molecule has 0 radical (unpaired) electrons. The number of fused-ring (bicyclic) bond motifs is 1. The summed E-state index contributed by atoms with van der Waals surface area (Å²) in [5, 5.41) is 11.9. The Balaban J connectivity index is 1.64. The van der Waals surface area contributed by atoms with E-state index >= 15 is 0 Å². The number of thiazole rings is 1. The molecule has 0 saturated carbocycles. The van der Waals surface area contributed by atoms with Crippen LogP contribution in [0.2, 0.25) is 0 Å². The Hall–Kier alpha value is -3.07. The summed E-state index contributed by atoms with van der Waals surface area (Å²) in [6.45, 7) is 6.28. The van der Waals surface area contributed by atoms with E-state index in [-0.39, 0.29) is 17.5 Å². The average molecular weight is 428 g/mol. The van der Waals surface area contributed by atoms with Crippen LogP contribution in [0.4, 0.5) is 11.5 Å². The molecule has 0 bridgehead atoms. The van der Waals surface area contributed by atoms with Crippen LogP contribution in [0.25, 0.3) is 0 Å². The minimum absolute atomic E-state index is 0.0198. The van der Waals surface area contributed by atoms with Crippen LogP contribution in [-0.4, -0.2) is 34.9 Å². The molecule has 30 heavy (non-hydrogen) atoms. The number of hydrogen-bond donors (Lipinski definition) is 2. The minimum atomic E-state index is -0.261. The smallest absolute Gasteiger partial charge is 0.261 e. The van der Waals surface area contributed by atoms with Crippen LogP contribution in [0.5, 0.6) is 11.5 Å². The van der Waals surface area contributed by atoms with Crippen molar-refractivity contribution < 1.29 is 14.3 Å². The lowest BCUT2D eigenvalue weighted by atomic mass is 9.93. The van der Waals surface area contributed by atoms with Crippen molar-refractivity contribution in [2.45, 2.75) is 38.8 Å². The Kier molecular flexibility index (Phi) is 5.15. The standard InChI is InChI=1S/C21H25N5O3S/c1-12-10-22-20(30-12)17-9-21(2,3)26-18(25-17)16(11-23-26)19(27)24-13-6-14(28-4)8-15(7-13)29-5/h6-8,10-11,17,25H,9H2,1-5H3,(H,24,27). The van der Waals surface area contributed by atoms with Crippen molar-refractivity contribution in [1.82, 2.24) is 14.8 Å². The quantitative estimate of drug-likeness (QED) is 0.634. The van der Waals surface area contributed by atoms with Crippen LogP contribution in [0.15, 0.2) is 30.6 Å². The summed E-state index contributed by atoms with van der Waals surface area (Å²) in [6.07, 6.45) is 4.31. The predicted octanol–water partition coefficient (Wildman–Crippen LogP) is 4.21. The Morgan fingerprint density at radius 2 is 1.93 bits per heavy atom. The summed E-state index contributed by atoms with van der Waals surface area (Å²) in [4.78, 5) is 18.8. The zero-order chi connectivity index (χ0) is 21.5. The first kappa shape index (κ1) is 20.2. The van der Waals surface area contributed by atoms with Gasteiger partial charge >= 0.3 is 0 Å². The van der Waals surface area contributed by atoms with Crippen LogP contribution in [0.3, 0.4) is 0 Å².